The van der Waals surface area contributed by atoms with E-state index in [2.05, 4.69) is 69.3 Å². The lowest BCUT2D eigenvalue weighted by Crippen LogP contribution is -2.69. The number of hydrogen-bond donors (Lipinski definition) is 0. The van der Waals surface area contributed by atoms with E-state index in [0.29, 0.717) is 0 Å². The average molecular weight is 453 g/mol. The van der Waals surface area contributed by atoms with Gasteiger partial charge >= 0.3 is 0 Å². The Morgan fingerprint density at radius 3 is 1.94 bits per heavy atom. The maximum absolute atomic E-state index is 13.0. The van der Waals surface area contributed by atoms with E-state index in [0.717, 1.165) is 12.8 Å². The summed E-state index contributed by atoms with van der Waals surface area (Å²) in [5, 5.41) is 2.32. The number of benzene rings is 2. The first-order chi connectivity index (χ1) is 15.1. The predicted molar refractivity (Wildman–Crippen MR) is 130 cm³/mol. The highest BCUT2D eigenvalue weighted by molar-refractivity contribution is 6.99. The molecule has 32 heavy (non-hydrogen) atoms. The van der Waals surface area contributed by atoms with Gasteiger partial charge in [-0.3, -0.25) is 4.79 Å². The minimum atomic E-state index is -2.75. The Balaban J connectivity index is 1.82. The molecule has 0 N–H and O–H groups in total. The number of ketones is 1. The van der Waals surface area contributed by atoms with Crippen LogP contribution in [0.25, 0.3) is 0 Å². The van der Waals surface area contributed by atoms with Crippen LogP contribution in [0.4, 0.5) is 0 Å². The van der Waals surface area contributed by atoms with E-state index in [1.54, 1.807) is 6.92 Å². The van der Waals surface area contributed by atoms with E-state index in [-0.39, 0.29) is 35.1 Å². The molecule has 2 aliphatic rings. The lowest BCUT2D eigenvalue weighted by molar-refractivity contribution is -0.154. The topological polar surface area (TPSA) is 44.8 Å². The zero-order valence-corrected chi connectivity index (χ0v) is 21.1. The van der Waals surface area contributed by atoms with Gasteiger partial charge in [-0.1, -0.05) is 81.4 Å². The minimum absolute atomic E-state index is 0.0575. The molecule has 0 bridgehead atoms. The van der Waals surface area contributed by atoms with Crippen molar-refractivity contribution in [1.82, 2.24) is 0 Å². The summed E-state index contributed by atoms with van der Waals surface area (Å²) in [6.45, 7) is 12.3. The van der Waals surface area contributed by atoms with Crippen molar-refractivity contribution < 1.29 is 18.7 Å². The van der Waals surface area contributed by atoms with Crippen molar-refractivity contribution in [3.8, 4) is 0 Å². The van der Waals surface area contributed by atoms with Crippen molar-refractivity contribution in [2.24, 2.45) is 5.92 Å². The zero-order valence-electron chi connectivity index (χ0n) is 20.1. The Labute approximate surface area is 193 Å². The second-order valence-electron chi connectivity index (χ2n) is 10.7. The normalized spacial score (nSPS) is 27.7. The molecule has 2 fully saturated rings. The average Bonchev–Trinajstić information content (AvgIpc) is 3.05. The van der Waals surface area contributed by atoms with Gasteiger partial charge in [0.25, 0.3) is 8.32 Å². The van der Waals surface area contributed by atoms with E-state index < -0.39 is 14.1 Å². The third-order valence-electron chi connectivity index (χ3n) is 6.93. The second kappa shape index (κ2) is 8.53. The quantitative estimate of drug-likeness (QED) is 0.629. The van der Waals surface area contributed by atoms with Crippen LogP contribution in [0.15, 0.2) is 60.7 Å². The molecule has 5 heteroatoms. The molecule has 4 atom stereocenters. The van der Waals surface area contributed by atoms with Crippen LogP contribution in [-0.2, 0) is 18.7 Å². The number of carbonyl (C=O) groups is 1. The molecule has 0 spiro atoms. The van der Waals surface area contributed by atoms with Crippen LogP contribution in [0.1, 0.15) is 54.4 Å². The lowest BCUT2D eigenvalue weighted by Gasteiger charge is -2.48. The van der Waals surface area contributed by atoms with Crippen LogP contribution in [0.2, 0.25) is 5.04 Å². The van der Waals surface area contributed by atoms with E-state index >= 15 is 0 Å². The maximum Gasteiger partial charge on any atom is 0.261 e. The third kappa shape index (κ3) is 4.12. The number of carbonyl (C=O) groups excluding carboxylic acids is 1. The fourth-order valence-electron chi connectivity index (χ4n) is 5.65. The number of rotatable bonds is 5. The highest BCUT2D eigenvalue weighted by atomic mass is 28.4. The van der Waals surface area contributed by atoms with Gasteiger partial charge in [0.15, 0.2) is 5.79 Å². The fraction of sp³-hybridized carbons (Fsp3) is 0.519. The molecule has 4 rings (SSSR count). The van der Waals surface area contributed by atoms with Gasteiger partial charge < -0.3 is 13.9 Å². The Morgan fingerprint density at radius 2 is 1.47 bits per heavy atom. The first-order valence-electron chi connectivity index (χ1n) is 11.7. The van der Waals surface area contributed by atoms with E-state index in [4.69, 9.17) is 13.9 Å². The molecule has 4 nitrogen and oxygen atoms in total. The first kappa shape index (κ1) is 23.4. The molecule has 172 valence electrons. The molecule has 0 aromatic heterocycles. The summed E-state index contributed by atoms with van der Waals surface area (Å²) >= 11 is 0. The Hall–Kier alpha value is -1.79. The Bertz CT molecular complexity index is 896. The number of hydrogen-bond acceptors (Lipinski definition) is 4. The van der Waals surface area contributed by atoms with Gasteiger partial charge in [-0.25, -0.2) is 0 Å². The molecular formula is C27H36O4Si. The van der Waals surface area contributed by atoms with Gasteiger partial charge in [-0.05, 0) is 49.0 Å². The van der Waals surface area contributed by atoms with Gasteiger partial charge in [0, 0.05) is 0 Å². The summed E-state index contributed by atoms with van der Waals surface area (Å²) in [7, 11) is -2.75. The van der Waals surface area contributed by atoms with E-state index in [1.165, 1.54) is 10.4 Å². The van der Waals surface area contributed by atoms with Crippen LogP contribution >= 0.6 is 0 Å². The highest BCUT2D eigenvalue weighted by Gasteiger charge is 2.57. The lowest BCUT2D eigenvalue weighted by atomic mass is 9.80. The fourth-order valence-corrected chi connectivity index (χ4v) is 10.4. The first-order valence-corrected chi connectivity index (χ1v) is 13.6. The Morgan fingerprint density at radius 1 is 0.938 bits per heavy atom. The Kier molecular flexibility index (Phi) is 6.23. The molecular weight excluding hydrogens is 416 g/mol. The highest BCUT2D eigenvalue weighted by Crippen LogP contribution is 2.45. The molecule has 0 amide bonds. The number of ether oxygens (including phenoxy) is 2. The molecule has 1 aliphatic carbocycles. The summed E-state index contributed by atoms with van der Waals surface area (Å²) in [5.74, 6) is -0.892. The number of Topliss-reactive ketones (excluding diaryl/α,β-unsaturated/α-hetero) is 1. The van der Waals surface area contributed by atoms with Crippen LogP contribution in [0, 0.1) is 5.92 Å². The smallest absolute Gasteiger partial charge is 0.261 e. The maximum atomic E-state index is 13.0. The van der Waals surface area contributed by atoms with Gasteiger partial charge in [-0.15, -0.1) is 0 Å². The molecule has 2 aromatic carbocycles. The molecule has 1 heterocycles. The SMILES string of the molecule is CC(=O)[C@H]1[C@@H]2OC(C)(C)O[C@@H]2CC[C@H]1O[Si](c1ccccc1)(c1ccccc1)C(C)(C)C. The molecule has 1 aliphatic heterocycles. The molecule has 2 aromatic rings. The van der Waals surface area contributed by atoms with Crippen LogP contribution < -0.4 is 10.4 Å². The third-order valence-corrected chi connectivity index (χ3v) is 12.0. The summed E-state index contributed by atoms with van der Waals surface area (Å²) in [6.07, 6.45) is 1.09. The second-order valence-corrected chi connectivity index (χ2v) is 14.9. The van der Waals surface area contributed by atoms with Gasteiger partial charge in [0.2, 0.25) is 0 Å². The van der Waals surface area contributed by atoms with Gasteiger partial charge in [0.1, 0.15) is 5.78 Å². The van der Waals surface area contributed by atoms with Crippen molar-refractivity contribution in [1.29, 1.82) is 0 Å². The molecule has 0 radical (unpaired) electrons. The minimum Gasteiger partial charge on any atom is -0.404 e. The van der Waals surface area contributed by atoms with Crippen molar-refractivity contribution in [3.63, 3.8) is 0 Å². The molecule has 1 saturated heterocycles. The summed E-state index contributed by atoms with van der Waals surface area (Å²) < 4.78 is 19.7. The largest absolute Gasteiger partial charge is 0.404 e. The van der Waals surface area contributed by atoms with Crippen molar-refractivity contribution in [3.05, 3.63) is 60.7 Å². The van der Waals surface area contributed by atoms with Gasteiger partial charge in [-0.2, -0.15) is 0 Å². The standard InChI is InChI=1S/C27H36O4Si/c1-19(28)24-22(17-18-23-25(24)30-27(5,6)29-23)31-32(26(2,3)4,20-13-9-7-10-14-20)21-15-11-8-12-16-21/h7-16,22-25H,17-18H2,1-6H3/t22-,23-,24-,25-/m1/s1. The molecule has 1 saturated carbocycles. The summed E-state index contributed by atoms with van der Waals surface area (Å²) in [4.78, 5) is 13.0. The monoisotopic (exact) mass is 452 g/mol. The van der Waals surface area contributed by atoms with E-state index in [1.807, 2.05) is 26.0 Å². The van der Waals surface area contributed by atoms with Crippen LogP contribution in [-0.4, -0.2) is 38.2 Å². The van der Waals surface area contributed by atoms with Gasteiger partial charge in [0.05, 0.1) is 24.2 Å². The van der Waals surface area contributed by atoms with Crippen molar-refractivity contribution in [2.45, 2.75) is 83.5 Å². The predicted octanol–water partition coefficient (Wildman–Crippen LogP) is 4.45. The molecule has 0 unspecified atom stereocenters. The zero-order chi connectivity index (χ0) is 23.1. The number of fused-ring (bicyclic) bond motifs is 1. The van der Waals surface area contributed by atoms with Crippen molar-refractivity contribution in [2.75, 3.05) is 0 Å². The van der Waals surface area contributed by atoms with E-state index in [9.17, 15) is 4.79 Å². The van der Waals surface area contributed by atoms with Crippen molar-refractivity contribution >= 4 is 24.5 Å². The summed E-state index contributed by atoms with van der Waals surface area (Å²) in [6, 6.07) is 21.2. The van der Waals surface area contributed by atoms with Crippen LogP contribution in [0.5, 0.6) is 0 Å². The summed E-state index contributed by atoms with van der Waals surface area (Å²) in [5.41, 5.74) is 0. The van der Waals surface area contributed by atoms with Crippen LogP contribution in [0.3, 0.4) is 0 Å².